The summed E-state index contributed by atoms with van der Waals surface area (Å²) in [4.78, 5) is 12.1. The van der Waals surface area contributed by atoms with Crippen LogP contribution in [0.3, 0.4) is 0 Å². The van der Waals surface area contributed by atoms with E-state index in [1.54, 1.807) is 0 Å². The molecule has 0 radical (unpaired) electrons. The molecule has 5 nitrogen and oxygen atoms in total. The van der Waals surface area contributed by atoms with Crippen LogP contribution in [0.25, 0.3) is 0 Å². The first-order valence-electron chi connectivity index (χ1n) is 6.42. The van der Waals surface area contributed by atoms with E-state index in [1.807, 2.05) is 0 Å². The Morgan fingerprint density at radius 3 is 2.89 bits per heavy atom. The van der Waals surface area contributed by atoms with Gasteiger partial charge in [-0.2, -0.15) is 5.10 Å². The van der Waals surface area contributed by atoms with Gasteiger partial charge in [-0.1, -0.05) is 12.8 Å². The molecule has 1 aromatic rings. The molecule has 0 atom stereocenters. The minimum absolute atomic E-state index is 0. The van der Waals surface area contributed by atoms with E-state index >= 15 is 0 Å². The summed E-state index contributed by atoms with van der Waals surface area (Å²) in [5.74, 6) is -0.0156. The van der Waals surface area contributed by atoms with Gasteiger partial charge in [0.15, 0.2) is 5.69 Å². The lowest BCUT2D eigenvalue weighted by Crippen LogP contribution is -2.34. The number of carbonyl (C=O) groups excluding carboxylic acids is 1. The molecule has 100 valence electrons. The molecule has 18 heavy (non-hydrogen) atoms. The minimum atomic E-state index is -0.0156. The van der Waals surface area contributed by atoms with Crippen molar-refractivity contribution in [2.75, 3.05) is 6.54 Å². The maximum absolute atomic E-state index is 12.1. The molecule has 0 bridgehead atoms. The first-order valence-corrected chi connectivity index (χ1v) is 6.42. The lowest BCUT2D eigenvalue weighted by atomic mass is 10.1. The van der Waals surface area contributed by atoms with Gasteiger partial charge in [0.1, 0.15) is 0 Å². The molecule has 1 aliphatic carbocycles. The summed E-state index contributed by atoms with van der Waals surface area (Å²) in [7, 11) is 0. The molecular weight excluding hydrogens is 252 g/mol. The Bertz CT molecular complexity index is 426. The Labute approximate surface area is 113 Å². The van der Waals surface area contributed by atoms with E-state index in [2.05, 4.69) is 20.8 Å². The number of aromatic amines is 1. The van der Waals surface area contributed by atoms with Crippen molar-refractivity contribution in [1.82, 2.24) is 20.8 Å². The molecule has 3 rings (SSSR count). The van der Waals surface area contributed by atoms with Crippen molar-refractivity contribution in [3.05, 3.63) is 17.0 Å². The van der Waals surface area contributed by atoms with E-state index in [0.717, 1.165) is 43.6 Å². The quantitative estimate of drug-likeness (QED) is 0.755. The number of rotatable bonds is 2. The number of hydrogen-bond acceptors (Lipinski definition) is 3. The monoisotopic (exact) mass is 270 g/mol. The van der Waals surface area contributed by atoms with Crippen molar-refractivity contribution >= 4 is 18.3 Å². The van der Waals surface area contributed by atoms with Crippen LogP contribution < -0.4 is 10.6 Å². The van der Waals surface area contributed by atoms with Crippen molar-refractivity contribution in [2.45, 2.75) is 44.7 Å². The second-order valence-corrected chi connectivity index (χ2v) is 4.91. The third-order valence-electron chi connectivity index (χ3n) is 3.71. The van der Waals surface area contributed by atoms with Crippen LogP contribution in [-0.2, 0) is 13.0 Å². The molecular formula is C12H19ClN4O. The standard InChI is InChI=1S/C12H18N4O.ClH/c17-12(14-8-3-1-2-4-8)11-9-7-13-6-5-10(9)15-16-11;/h8,13H,1-7H2,(H,14,17)(H,15,16);1H. The zero-order chi connectivity index (χ0) is 11.7. The maximum Gasteiger partial charge on any atom is 0.272 e. The van der Waals surface area contributed by atoms with Crippen LogP contribution in [-0.4, -0.2) is 28.7 Å². The van der Waals surface area contributed by atoms with Gasteiger partial charge in [-0.05, 0) is 12.8 Å². The molecule has 1 fully saturated rings. The van der Waals surface area contributed by atoms with Crippen LogP contribution in [0.5, 0.6) is 0 Å². The predicted octanol–water partition coefficient (Wildman–Crippen LogP) is 1.15. The second kappa shape index (κ2) is 5.71. The number of fused-ring (bicyclic) bond motifs is 1. The SMILES string of the molecule is Cl.O=C(NC1CCCC1)c1n[nH]c2c1CNCC2. The van der Waals surface area contributed by atoms with Gasteiger partial charge in [-0.25, -0.2) is 0 Å². The number of nitrogens with zero attached hydrogens (tertiary/aromatic N) is 1. The Morgan fingerprint density at radius 2 is 2.11 bits per heavy atom. The maximum atomic E-state index is 12.1. The Hall–Kier alpha value is -1.07. The molecule has 0 unspecified atom stereocenters. The van der Waals surface area contributed by atoms with Crippen LogP contribution in [0, 0.1) is 0 Å². The van der Waals surface area contributed by atoms with Crippen LogP contribution in [0.4, 0.5) is 0 Å². The first kappa shape index (κ1) is 13.4. The van der Waals surface area contributed by atoms with Gasteiger partial charge in [0.25, 0.3) is 5.91 Å². The van der Waals surface area contributed by atoms with E-state index in [-0.39, 0.29) is 18.3 Å². The Balaban J connectivity index is 0.00000120. The van der Waals surface area contributed by atoms with Crippen molar-refractivity contribution in [3.63, 3.8) is 0 Å². The number of halogens is 1. The lowest BCUT2D eigenvalue weighted by Gasteiger charge is -2.14. The summed E-state index contributed by atoms with van der Waals surface area (Å²) in [6.07, 6.45) is 5.60. The summed E-state index contributed by atoms with van der Waals surface area (Å²) in [6.45, 7) is 1.71. The summed E-state index contributed by atoms with van der Waals surface area (Å²) in [5.41, 5.74) is 2.74. The molecule has 0 spiro atoms. The topological polar surface area (TPSA) is 69.8 Å². The van der Waals surface area contributed by atoms with Gasteiger partial charge in [0.2, 0.25) is 0 Å². The van der Waals surface area contributed by atoms with E-state index < -0.39 is 0 Å². The Kier molecular flexibility index (Phi) is 4.24. The number of H-pyrrole nitrogens is 1. The molecule has 0 saturated heterocycles. The predicted molar refractivity (Wildman–Crippen MR) is 71.0 cm³/mol. The van der Waals surface area contributed by atoms with Gasteiger partial charge in [-0.3, -0.25) is 9.89 Å². The van der Waals surface area contributed by atoms with Gasteiger partial charge in [0.05, 0.1) is 0 Å². The van der Waals surface area contributed by atoms with E-state index in [0.29, 0.717) is 11.7 Å². The molecule has 6 heteroatoms. The van der Waals surface area contributed by atoms with Crippen molar-refractivity contribution < 1.29 is 4.79 Å². The van der Waals surface area contributed by atoms with Crippen molar-refractivity contribution in [1.29, 1.82) is 0 Å². The number of carbonyl (C=O) groups is 1. The molecule has 0 aromatic carbocycles. The number of hydrogen-bond donors (Lipinski definition) is 3. The average molecular weight is 271 g/mol. The molecule has 1 saturated carbocycles. The van der Waals surface area contributed by atoms with Crippen LogP contribution in [0.1, 0.15) is 47.4 Å². The van der Waals surface area contributed by atoms with Crippen LogP contribution in [0.2, 0.25) is 0 Å². The van der Waals surface area contributed by atoms with Crippen molar-refractivity contribution in [2.24, 2.45) is 0 Å². The van der Waals surface area contributed by atoms with Crippen LogP contribution >= 0.6 is 12.4 Å². The smallest absolute Gasteiger partial charge is 0.272 e. The van der Waals surface area contributed by atoms with Crippen molar-refractivity contribution in [3.8, 4) is 0 Å². The molecule has 1 amide bonds. The molecule has 3 N–H and O–H groups in total. The highest BCUT2D eigenvalue weighted by atomic mass is 35.5. The minimum Gasteiger partial charge on any atom is -0.348 e. The van der Waals surface area contributed by atoms with Gasteiger partial charge >= 0.3 is 0 Å². The highest BCUT2D eigenvalue weighted by molar-refractivity contribution is 5.94. The summed E-state index contributed by atoms with van der Waals surface area (Å²) < 4.78 is 0. The van der Waals surface area contributed by atoms with E-state index in [9.17, 15) is 4.79 Å². The molecule has 2 heterocycles. The van der Waals surface area contributed by atoms with Gasteiger partial charge in [0, 0.05) is 36.8 Å². The zero-order valence-electron chi connectivity index (χ0n) is 10.3. The first-order chi connectivity index (χ1) is 8.34. The fourth-order valence-corrected chi connectivity index (χ4v) is 2.74. The summed E-state index contributed by atoms with van der Waals surface area (Å²) >= 11 is 0. The molecule has 1 aromatic heterocycles. The molecule has 1 aliphatic heterocycles. The fraction of sp³-hybridized carbons (Fsp3) is 0.667. The highest BCUT2D eigenvalue weighted by Gasteiger charge is 2.24. The average Bonchev–Trinajstić information content (AvgIpc) is 2.96. The third kappa shape index (κ3) is 2.52. The third-order valence-corrected chi connectivity index (χ3v) is 3.71. The Morgan fingerprint density at radius 1 is 1.33 bits per heavy atom. The van der Waals surface area contributed by atoms with Crippen LogP contribution in [0.15, 0.2) is 0 Å². The number of nitrogens with one attached hydrogen (secondary N) is 3. The summed E-state index contributed by atoms with van der Waals surface area (Å²) in [6, 6.07) is 0.353. The fourth-order valence-electron chi connectivity index (χ4n) is 2.74. The van der Waals surface area contributed by atoms with E-state index in [4.69, 9.17) is 0 Å². The van der Waals surface area contributed by atoms with E-state index in [1.165, 1.54) is 12.8 Å². The normalized spacial score (nSPS) is 19.1. The van der Waals surface area contributed by atoms with Gasteiger partial charge < -0.3 is 10.6 Å². The largest absolute Gasteiger partial charge is 0.348 e. The van der Waals surface area contributed by atoms with Gasteiger partial charge in [-0.15, -0.1) is 12.4 Å². The zero-order valence-corrected chi connectivity index (χ0v) is 11.1. The number of aromatic nitrogens is 2. The lowest BCUT2D eigenvalue weighted by molar-refractivity contribution is 0.0931. The summed E-state index contributed by atoms with van der Waals surface area (Å²) in [5, 5.41) is 13.5. The molecule has 2 aliphatic rings. The highest BCUT2D eigenvalue weighted by Crippen LogP contribution is 2.19. The second-order valence-electron chi connectivity index (χ2n) is 4.91. The number of amides is 1.